The van der Waals surface area contributed by atoms with E-state index in [0.717, 1.165) is 27.6 Å². The number of halogens is 1. The van der Waals surface area contributed by atoms with E-state index in [2.05, 4.69) is 21.0 Å². The smallest absolute Gasteiger partial charge is 0.157 e. The van der Waals surface area contributed by atoms with Crippen molar-refractivity contribution >= 4 is 33.5 Å². The molecule has 96 valence electrons. The number of rotatable bonds is 1. The lowest BCUT2D eigenvalue weighted by molar-refractivity contribution is 1.27. The quantitative estimate of drug-likeness (QED) is 0.560. The second-order valence-corrected chi connectivity index (χ2v) is 4.98. The van der Waals surface area contributed by atoms with E-state index in [9.17, 15) is 0 Å². The van der Waals surface area contributed by atoms with Gasteiger partial charge >= 0.3 is 0 Å². The zero-order valence-corrected chi connectivity index (χ0v) is 11.2. The van der Waals surface area contributed by atoms with Crippen molar-refractivity contribution in [1.82, 2.24) is 15.0 Å². The summed E-state index contributed by atoms with van der Waals surface area (Å²) in [6.07, 6.45) is 0. The number of hydrogen-bond donors (Lipinski definition) is 1. The first kappa shape index (κ1) is 11.4. The van der Waals surface area contributed by atoms with Crippen molar-refractivity contribution in [2.45, 2.75) is 0 Å². The SMILES string of the molecule is Clc1nc2ccccc2nc1-c1cc2ccccc2[nH]1. The Hall–Kier alpha value is -2.39. The summed E-state index contributed by atoms with van der Waals surface area (Å²) in [6, 6.07) is 17.8. The highest BCUT2D eigenvalue weighted by Crippen LogP contribution is 2.28. The fourth-order valence-corrected chi connectivity index (χ4v) is 2.59. The minimum absolute atomic E-state index is 0.412. The van der Waals surface area contributed by atoms with Crippen molar-refractivity contribution < 1.29 is 0 Å². The van der Waals surface area contributed by atoms with Crippen LogP contribution in [-0.4, -0.2) is 15.0 Å². The second kappa shape index (κ2) is 4.32. The molecule has 0 radical (unpaired) electrons. The van der Waals surface area contributed by atoms with E-state index in [1.165, 1.54) is 0 Å². The molecule has 0 saturated heterocycles. The molecular weight excluding hydrogens is 270 g/mol. The van der Waals surface area contributed by atoms with Crippen molar-refractivity contribution in [3.8, 4) is 11.4 Å². The predicted molar refractivity (Wildman–Crippen MR) is 81.8 cm³/mol. The van der Waals surface area contributed by atoms with E-state index < -0.39 is 0 Å². The van der Waals surface area contributed by atoms with Gasteiger partial charge in [0.25, 0.3) is 0 Å². The monoisotopic (exact) mass is 279 g/mol. The maximum Gasteiger partial charge on any atom is 0.157 e. The van der Waals surface area contributed by atoms with E-state index in [-0.39, 0.29) is 0 Å². The van der Waals surface area contributed by atoms with Crippen LogP contribution in [0.4, 0.5) is 0 Å². The van der Waals surface area contributed by atoms with Crippen LogP contribution in [-0.2, 0) is 0 Å². The minimum atomic E-state index is 0.412. The molecule has 20 heavy (non-hydrogen) atoms. The molecule has 4 heteroatoms. The molecule has 0 fully saturated rings. The molecule has 0 aliphatic heterocycles. The Kier molecular flexibility index (Phi) is 2.47. The lowest BCUT2D eigenvalue weighted by atomic mass is 10.2. The molecule has 3 nitrogen and oxygen atoms in total. The van der Waals surface area contributed by atoms with Crippen molar-refractivity contribution in [2.75, 3.05) is 0 Å². The van der Waals surface area contributed by atoms with Gasteiger partial charge in [-0.15, -0.1) is 0 Å². The number of H-pyrrole nitrogens is 1. The molecule has 0 amide bonds. The number of aromatic nitrogens is 3. The molecule has 0 unspecified atom stereocenters. The molecule has 2 aromatic heterocycles. The molecule has 0 bridgehead atoms. The Morgan fingerprint density at radius 1 is 0.850 bits per heavy atom. The zero-order valence-electron chi connectivity index (χ0n) is 10.5. The van der Waals surface area contributed by atoms with E-state index in [1.807, 2.05) is 48.5 Å². The third-order valence-electron chi connectivity index (χ3n) is 3.31. The number of aromatic amines is 1. The van der Waals surface area contributed by atoms with Gasteiger partial charge in [-0.3, -0.25) is 0 Å². The summed E-state index contributed by atoms with van der Waals surface area (Å²) in [6.45, 7) is 0. The Morgan fingerprint density at radius 2 is 1.55 bits per heavy atom. The summed E-state index contributed by atoms with van der Waals surface area (Å²) in [7, 11) is 0. The van der Waals surface area contributed by atoms with Crippen molar-refractivity contribution in [3.05, 3.63) is 59.8 Å². The highest BCUT2D eigenvalue weighted by atomic mass is 35.5. The second-order valence-electron chi connectivity index (χ2n) is 4.62. The predicted octanol–water partition coefficient (Wildman–Crippen LogP) is 4.43. The minimum Gasteiger partial charge on any atom is -0.353 e. The van der Waals surface area contributed by atoms with Gasteiger partial charge in [-0.05, 0) is 24.3 Å². The largest absolute Gasteiger partial charge is 0.353 e. The van der Waals surface area contributed by atoms with Gasteiger partial charge in [-0.25, -0.2) is 9.97 Å². The average molecular weight is 280 g/mol. The number of fused-ring (bicyclic) bond motifs is 2. The maximum absolute atomic E-state index is 6.27. The Morgan fingerprint density at radius 3 is 2.35 bits per heavy atom. The molecule has 0 aliphatic rings. The van der Waals surface area contributed by atoms with E-state index in [1.54, 1.807) is 0 Å². The van der Waals surface area contributed by atoms with Crippen LogP contribution in [0, 0.1) is 0 Å². The number of nitrogens with one attached hydrogen (secondary N) is 1. The first-order chi connectivity index (χ1) is 9.81. The molecule has 1 N–H and O–H groups in total. The lowest BCUT2D eigenvalue weighted by Crippen LogP contribution is -1.91. The Bertz CT molecular complexity index is 894. The summed E-state index contributed by atoms with van der Waals surface area (Å²) in [4.78, 5) is 12.4. The first-order valence-electron chi connectivity index (χ1n) is 6.32. The fourth-order valence-electron chi connectivity index (χ4n) is 2.35. The molecule has 0 spiro atoms. The van der Waals surface area contributed by atoms with Gasteiger partial charge in [0.15, 0.2) is 5.15 Å². The third-order valence-corrected chi connectivity index (χ3v) is 3.58. The molecule has 0 saturated carbocycles. The number of nitrogens with zero attached hydrogens (tertiary/aromatic N) is 2. The number of benzene rings is 2. The van der Waals surface area contributed by atoms with Gasteiger partial charge in [0, 0.05) is 10.9 Å². The van der Waals surface area contributed by atoms with Crippen molar-refractivity contribution in [1.29, 1.82) is 0 Å². The number of hydrogen-bond acceptors (Lipinski definition) is 2. The normalized spacial score (nSPS) is 11.2. The van der Waals surface area contributed by atoms with Crippen LogP contribution in [0.3, 0.4) is 0 Å². The van der Waals surface area contributed by atoms with E-state index >= 15 is 0 Å². The average Bonchev–Trinajstić information content (AvgIpc) is 2.90. The van der Waals surface area contributed by atoms with Gasteiger partial charge in [0.1, 0.15) is 5.69 Å². The van der Waals surface area contributed by atoms with Crippen LogP contribution >= 0.6 is 11.6 Å². The van der Waals surface area contributed by atoms with Crippen LogP contribution in [0.15, 0.2) is 54.6 Å². The standard InChI is InChI=1S/C16H10ClN3/c17-16-15(19-12-7-3-4-8-13(12)20-16)14-9-10-5-1-2-6-11(10)18-14/h1-9,18H. The molecule has 4 rings (SSSR count). The van der Waals surface area contributed by atoms with Crippen LogP contribution in [0.5, 0.6) is 0 Å². The maximum atomic E-state index is 6.27. The van der Waals surface area contributed by atoms with Gasteiger partial charge < -0.3 is 4.98 Å². The third kappa shape index (κ3) is 1.75. The van der Waals surface area contributed by atoms with Gasteiger partial charge in [0.2, 0.25) is 0 Å². The van der Waals surface area contributed by atoms with E-state index in [0.29, 0.717) is 10.8 Å². The number of para-hydroxylation sites is 3. The van der Waals surface area contributed by atoms with Gasteiger partial charge in [-0.1, -0.05) is 41.9 Å². The van der Waals surface area contributed by atoms with Crippen LogP contribution in [0.1, 0.15) is 0 Å². The molecule has 0 atom stereocenters. The molecule has 2 aromatic carbocycles. The highest BCUT2D eigenvalue weighted by molar-refractivity contribution is 6.32. The zero-order chi connectivity index (χ0) is 13.5. The molecule has 0 aliphatic carbocycles. The summed E-state index contributed by atoms with van der Waals surface area (Å²) in [5, 5.41) is 1.55. The van der Waals surface area contributed by atoms with Crippen molar-refractivity contribution in [3.63, 3.8) is 0 Å². The molecular formula is C16H10ClN3. The van der Waals surface area contributed by atoms with Crippen LogP contribution in [0.2, 0.25) is 5.15 Å². The Labute approximate surface area is 120 Å². The Balaban J connectivity index is 1.98. The highest BCUT2D eigenvalue weighted by Gasteiger charge is 2.11. The van der Waals surface area contributed by atoms with Crippen molar-refractivity contribution in [2.24, 2.45) is 0 Å². The summed E-state index contributed by atoms with van der Waals surface area (Å²) < 4.78 is 0. The molecule has 2 heterocycles. The van der Waals surface area contributed by atoms with Crippen LogP contribution < -0.4 is 0 Å². The van der Waals surface area contributed by atoms with Crippen LogP contribution in [0.25, 0.3) is 33.3 Å². The van der Waals surface area contributed by atoms with Gasteiger partial charge in [0.05, 0.1) is 16.7 Å². The summed E-state index contributed by atoms with van der Waals surface area (Å²) in [5.41, 5.74) is 4.27. The topological polar surface area (TPSA) is 41.6 Å². The lowest BCUT2D eigenvalue weighted by Gasteiger charge is -2.03. The molecule has 4 aromatic rings. The summed E-state index contributed by atoms with van der Waals surface area (Å²) in [5.74, 6) is 0. The van der Waals surface area contributed by atoms with E-state index in [4.69, 9.17) is 11.6 Å². The fraction of sp³-hybridized carbons (Fsp3) is 0. The first-order valence-corrected chi connectivity index (χ1v) is 6.69. The summed E-state index contributed by atoms with van der Waals surface area (Å²) >= 11 is 6.27. The van der Waals surface area contributed by atoms with Gasteiger partial charge in [-0.2, -0.15) is 0 Å².